The molecule has 0 spiro atoms. The average molecular weight is 313 g/mol. The van der Waals surface area contributed by atoms with Gasteiger partial charge in [0.05, 0.1) is 10.7 Å². The van der Waals surface area contributed by atoms with Crippen LogP contribution in [0.3, 0.4) is 0 Å². The molecule has 0 fully saturated rings. The van der Waals surface area contributed by atoms with Crippen molar-refractivity contribution in [1.29, 1.82) is 0 Å². The Hall–Kier alpha value is -1.30. The zero-order chi connectivity index (χ0) is 14.5. The molecule has 0 atom stereocenters. The molecular weight excluding hydrogens is 296 g/mol. The van der Waals surface area contributed by atoms with E-state index in [1.54, 1.807) is 6.07 Å². The van der Waals surface area contributed by atoms with E-state index in [0.717, 1.165) is 16.5 Å². The maximum Gasteiger partial charge on any atom is 0.263 e. The minimum atomic E-state index is -0.156. The SMILES string of the molecule is CCOCCCNC(=O)c1sc2cccc(Cl)c2c1N. The number of ether oxygens (including phenoxy) is 1. The van der Waals surface area contributed by atoms with Gasteiger partial charge in [-0.2, -0.15) is 0 Å². The van der Waals surface area contributed by atoms with Crippen molar-refractivity contribution >= 4 is 44.6 Å². The van der Waals surface area contributed by atoms with Crippen molar-refractivity contribution in [2.75, 3.05) is 25.5 Å². The molecule has 6 heteroatoms. The summed E-state index contributed by atoms with van der Waals surface area (Å²) in [6.45, 7) is 3.85. The maximum atomic E-state index is 12.1. The first kappa shape index (κ1) is 15.1. The summed E-state index contributed by atoms with van der Waals surface area (Å²) < 4.78 is 6.14. The lowest BCUT2D eigenvalue weighted by Gasteiger charge is -2.04. The number of carbonyl (C=O) groups excluding carboxylic acids is 1. The van der Waals surface area contributed by atoms with E-state index in [4.69, 9.17) is 22.1 Å². The number of nitrogens with one attached hydrogen (secondary N) is 1. The van der Waals surface area contributed by atoms with Crippen molar-refractivity contribution in [3.63, 3.8) is 0 Å². The normalized spacial score (nSPS) is 10.9. The molecule has 1 heterocycles. The molecule has 4 nitrogen and oxygen atoms in total. The molecule has 2 rings (SSSR count). The van der Waals surface area contributed by atoms with Crippen molar-refractivity contribution in [3.05, 3.63) is 28.1 Å². The van der Waals surface area contributed by atoms with Gasteiger partial charge in [0.2, 0.25) is 0 Å². The molecule has 0 radical (unpaired) electrons. The Morgan fingerprint density at radius 1 is 1.50 bits per heavy atom. The van der Waals surface area contributed by atoms with Gasteiger partial charge in [0, 0.05) is 29.8 Å². The van der Waals surface area contributed by atoms with Crippen LogP contribution in [-0.2, 0) is 4.74 Å². The van der Waals surface area contributed by atoms with E-state index in [0.29, 0.717) is 35.3 Å². The Balaban J connectivity index is 2.07. The molecule has 20 heavy (non-hydrogen) atoms. The second-order valence-electron chi connectivity index (χ2n) is 4.26. The summed E-state index contributed by atoms with van der Waals surface area (Å²) in [5.74, 6) is -0.156. The third-order valence-electron chi connectivity index (χ3n) is 2.86. The van der Waals surface area contributed by atoms with Crippen LogP contribution in [-0.4, -0.2) is 25.7 Å². The van der Waals surface area contributed by atoms with Crippen LogP contribution in [0.2, 0.25) is 5.02 Å². The number of fused-ring (bicyclic) bond motifs is 1. The fourth-order valence-corrected chi connectivity index (χ4v) is 3.30. The highest BCUT2D eigenvalue weighted by atomic mass is 35.5. The van der Waals surface area contributed by atoms with E-state index in [1.165, 1.54) is 11.3 Å². The Morgan fingerprint density at radius 2 is 2.30 bits per heavy atom. The van der Waals surface area contributed by atoms with Crippen LogP contribution in [0.25, 0.3) is 10.1 Å². The topological polar surface area (TPSA) is 64.3 Å². The number of benzene rings is 1. The molecule has 0 aliphatic carbocycles. The molecule has 0 saturated carbocycles. The largest absolute Gasteiger partial charge is 0.397 e. The lowest BCUT2D eigenvalue weighted by molar-refractivity contribution is 0.0949. The van der Waals surface area contributed by atoms with Crippen LogP contribution in [0, 0.1) is 0 Å². The van der Waals surface area contributed by atoms with Crippen molar-refractivity contribution in [1.82, 2.24) is 5.32 Å². The number of hydrogen-bond donors (Lipinski definition) is 2. The lowest BCUT2D eigenvalue weighted by atomic mass is 10.2. The van der Waals surface area contributed by atoms with Gasteiger partial charge >= 0.3 is 0 Å². The molecule has 2 aromatic rings. The van der Waals surface area contributed by atoms with Gasteiger partial charge in [-0.25, -0.2) is 0 Å². The molecule has 0 unspecified atom stereocenters. The van der Waals surface area contributed by atoms with E-state index in [1.807, 2.05) is 19.1 Å². The van der Waals surface area contributed by atoms with Crippen LogP contribution in [0.5, 0.6) is 0 Å². The Morgan fingerprint density at radius 3 is 3.00 bits per heavy atom. The minimum absolute atomic E-state index is 0.156. The summed E-state index contributed by atoms with van der Waals surface area (Å²) in [6.07, 6.45) is 0.783. The molecule has 0 aliphatic heterocycles. The van der Waals surface area contributed by atoms with Gasteiger partial charge in [-0.1, -0.05) is 17.7 Å². The predicted octanol–water partition coefficient (Wildman–Crippen LogP) is 3.29. The molecule has 3 N–H and O–H groups in total. The number of amides is 1. The molecule has 1 amide bonds. The van der Waals surface area contributed by atoms with Gasteiger partial charge in [0.15, 0.2) is 0 Å². The molecule has 108 valence electrons. The standard InChI is InChI=1S/C14H17ClN2O2S/c1-2-19-8-4-7-17-14(18)13-12(16)11-9(15)5-3-6-10(11)20-13/h3,5-6H,2,4,7-8,16H2,1H3,(H,17,18). The Labute approximate surface area is 126 Å². The number of halogens is 1. The molecule has 0 bridgehead atoms. The second-order valence-corrected chi connectivity index (χ2v) is 5.72. The molecule has 0 aliphatic rings. The second kappa shape index (κ2) is 6.92. The third kappa shape index (κ3) is 3.23. The van der Waals surface area contributed by atoms with E-state index < -0.39 is 0 Å². The highest BCUT2D eigenvalue weighted by Crippen LogP contribution is 2.37. The quantitative estimate of drug-likeness (QED) is 0.804. The highest BCUT2D eigenvalue weighted by Gasteiger charge is 2.17. The maximum absolute atomic E-state index is 12.1. The van der Waals surface area contributed by atoms with Gasteiger partial charge < -0.3 is 15.8 Å². The summed E-state index contributed by atoms with van der Waals surface area (Å²) in [5.41, 5.74) is 6.49. The van der Waals surface area contributed by atoms with Crippen LogP contribution >= 0.6 is 22.9 Å². The van der Waals surface area contributed by atoms with Crippen molar-refractivity contribution in [2.24, 2.45) is 0 Å². The smallest absolute Gasteiger partial charge is 0.263 e. The first-order valence-corrected chi connectivity index (χ1v) is 7.67. The van der Waals surface area contributed by atoms with Crippen LogP contribution < -0.4 is 11.1 Å². The van der Waals surface area contributed by atoms with Crippen LogP contribution in [0.1, 0.15) is 23.0 Å². The zero-order valence-corrected chi connectivity index (χ0v) is 12.8. The van der Waals surface area contributed by atoms with Gasteiger partial charge in [-0.15, -0.1) is 11.3 Å². The van der Waals surface area contributed by atoms with Crippen LogP contribution in [0.15, 0.2) is 18.2 Å². The lowest BCUT2D eigenvalue weighted by Crippen LogP contribution is -2.25. The number of hydrogen-bond acceptors (Lipinski definition) is 4. The van der Waals surface area contributed by atoms with E-state index >= 15 is 0 Å². The molecule has 0 saturated heterocycles. The van der Waals surface area contributed by atoms with Gasteiger partial charge in [0.1, 0.15) is 4.88 Å². The van der Waals surface area contributed by atoms with E-state index in [-0.39, 0.29) is 5.91 Å². The van der Waals surface area contributed by atoms with Crippen LogP contribution in [0.4, 0.5) is 5.69 Å². The third-order valence-corrected chi connectivity index (χ3v) is 4.35. The Bertz CT molecular complexity index is 612. The average Bonchev–Trinajstić information content (AvgIpc) is 2.77. The minimum Gasteiger partial charge on any atom is -0.397 e. The first-order chi connectivity index (χ1) is 9.65. The number of thiophene rings is 1. The van der Waals surface area contributed by atoms with Gasteiger partial charge in [-0.3, -0.25) is 4.79 Å². The summed E-state index contributed by atoms with van der Waals surface area (Å²) >= 11 is 7.48. The summed E-state index contributed by atoms with van der Waals surface area (Å²) in [7, 11) is 0. The Kier molecular flexibility index (Phi) is 5.23. The number of nitrogens with two attached hydrogens (primary N) is 1. The molecule has 1 aromatic heterocycles. The number of anilines is 1. The van der Waals surface area contributed by atoms with E-state index in [2.05, 4.69) is 5.32 Å². The summed E-state index contributed by atoms with van der Waals surface area (Å²) in [5, 5.41) is 4.19. The van der Waals surface area contributed by atoms with Gasteiger partial charge in [-0.05, 0) is 25.5 Å². The highest BCUT2D eigenvalue weighted by molar-refractivity contribution is 7.21. The van der Waals surface area contributed by atoms with Crippen molar-refractivity contribution in [3.8, 4) is 0 Å². The fraction of sp³-hybridized carbons (Fsp3) is 0.357. The first-order valence-electron chi connectivity index (χ1n) is 6.47. The van der Waals surface area contributed by atoms with Crippen molar-refractivity contribution < 1.29 is 9.53 Å². The van der Waals surface area contributed by atoms with E-state index in [9.17, 15) is 4.79 Å². The zero-order valence-electron chi connectivity index (χ0n) is 11.2. The summed E-state index contributed by atoms with van der Waals surface area (Å²) in [4.78, 5) is 12.6. The number of nitrogen functional groups attached to an aromatic ring is 1. The number of carbonyl (C=O) groups is 1. The fourth-order valence-electron chi connectivity index (χ4n) is 1.90. The van der Waals surface area contributed by atoms with Gasteiger partial charge in [0.25, 0.3) is 5.91 Å². The number of rotatable bonds is 6. The predicted molar refractivity (Wildman–Crippen MR) is 84.7 cm³/mol. The molecule has 1 aromatic carbocycles. The van der Waals surface area contributed by atoms with Crippen molar-refractivity contribution in [2.45, 2.75) is 13.3 Å². The summed E-state index contributed by atoms with van der Waals surface area (Å²) in [6, 6.07) is 5.54. The monoisotopic (exact) mass is 312 g/mol. The molecular formula is C14H17ClN2O2S.